The van der Waals surface area contributed by atoms with Crippen LogP contribution >= 0.6 is 0 Å². The van der Waals surface area contributed by atoms with Crippen LogP contribution in [0.5, 0.6) is 0 Å². The summed E-state index contributed by atoms with van der Waals surface area (Å²) in [6, 6.07) is 5.02. The molecule has 0 aliphatic heterocycles. The number of unbranched alkanes of at least 4 members (excludes halogenated alkanes) is 1. The molecule has 5 nitrogen and oxygen atoms in total. The first-order chi connectivity index (χ1) is 11.0. The van der Waals surface area contributed by atoms with Crippen molar-refractivity contribution in [3.63, 3.8) is 0 Å². The van der Waals surface area contributed by atoms with Crippen LogP contribution in [0.15, 0.2) is 35.9 Å². The first kappa shape index (κ1) is 22.8. The minimum atomic E-state index is -0.937. The molecule has 1 rings (SSSR count). The fourth-order valence-corrected chi connectivity index (χ4v) is 1.08. The predicted molar refractivity (Wildman–Crippen MR) is 95.1 cm³/mol. The summed E-state index contributed by atoms with van der Waals surface area (Å²) in [6.07, 6.45) is 4.41. The van der Waals surface area contributed by atoms with Crippen molar-refractivity contribution < 1.29 is 15.4 Å². The number of hydrogen-bond acceptors (Lipinski definition) is 3. The van der Waals surface area contributed by atoms with Crippen molar-refractivity contribution in [2.45, 2.75) is 40.5 Å². The van der Waals surface area contributed by atoms with Gasteiger partial charge in [0.1, 0.15) is 11.4 Å². The molecule has 0 radical (unpaired) electrons. The van der Waals surface area contributed by atoms with E-state index in [1.165, 1.54) is 37.1 Å². The van der Waals surface area contributed by atoms with E-state index in [2.05, 4.69) is 19.2 Å². The largest absolute Gasteiger partial charge is 0.365 e. The van der Waals surface area contributed by atoms with Gasteiger partial charge in [-0.1, -0.05) is 40.5 Å². The van der Waals surface area contributed by atoms with E-state index in [9.17, 15) is 14.0 Å². The lowest BCUT2D eigenvalue weighted by Crippen LogP contribution is -2.25. The first-order valence-electron chi connectivity index (χ1n) is 7.53. The average molecular weight is 325 g/mol. The van der Waals surface area contributed by atoms with E-state index in [0.717, 1.165) is 12.3 Å². The van der Waals surface area contributed by atoms with Crippen LogP contribution in [-0.4, -0.2) is 18.0 Å². The van der Waals surface area contributed by atoms with Gasteiger partial charge in [0.25, 0.3) is 11.8 Å². The molecule has 130 valence electrons. The summed E-state index contributed by atoms with van der Waals surface area (Å²) in [5, 5.41) is 9.15. The Balaban J connectivity index is -0.000000551. The molecule has 0 spiro atoms. The van der Waals surface area contributed by atoms with Crippen molar-refractivity contribution in [2.75, 3.05) is 5.32 Å². The Bertz CT molecular complexity index is 515. The molecule has 6 heteroatoms. The van der Waals surface area contributed by atoms with Crippen LogP contribution in [0.4, 0.5) is 10.1 Å². The van der Waals surface area contributed by atoms with Gasteiger partial charge in [-0.05, 0) is 30.3 Å². The highest BCUT2D eigenvalue weighted by molar-refractivity contribution is 6.23. The zero-order valence-corrected chi connectivity index (χ0v) is 14.2. The summed E-state index contributed by atoms with van der Waals surface area (Å²) in [6.45, 7) is 8.36. The number of benzene rings is 1. The van der Waals surface area contributed by atoms with Gasteiger partial charge >= 0.3 is 0 Å². The van der Waals surface area contributed by atoms with Gasteiger partial charge in [-0.25, -0.2) is 4.39 Å². The molecular formula is C17H28FN3O2. The molecule has 0 aliphatic rings. The molecule has 1 aromatic rings. The molecule has 0 saturated carbocycles. The number of anilines is 1. The third-order valence-corrected chi connectivity index (χ3v) is 2.36. The molecular weight excluding hydrogens is 297 g/mol. The van der Waals surface area contributed by atoms with Crippen LogP contribution in [0.1, 0.15) is 42.0 Å². The topological polar surface area (TPSA) is 96.0 Å². The van der Waals surface area contributed by atoms with Gasteiger partial charge in [-0.15, -0.1) is 0 Å². The Morgan fingerprint density at radius 3 is 2.04 bits per heavy atom. The number of nitrogens with two attached hydrogens (primary N) is 1. The molecule has 0 fully saturated rings. The summed E-state index contributed by atoms with van der Waals surface area (Å²) in [5.74, 6) is -2.12. The van der Waals surface area contributed by atoms with Crippen LogP contribution in [0.3, 0.4) is 0 Å². The number of hydrogen-bond donors (Lipinski definition) is 3. The van der Waals surface area contributed by atoms with Crippen LogP contribution in [0.25, 0.3) is 0 Å². The number of carbonyl (C=O) groups excluding carboxylic acids is 2. The number of carbonyl (C=O) groups is 2. The Morgan fingerprint density at radius 1 is 1.22 bits per heavy atom. The Hall–Kier alpha value is -2.50. The van der Waals surface area contributed by atoms with E-state index in [1.54, 1.807) is 0 Å². The molecule has 1 aromatic carbocycles. The standard InChI is InChI=1S/C11H10FN3O2.C4H10.C2H6.H2/c12-7-1-3-8(4-2-7)15-11(17)9(5-6-13)10(14)16;1-3-4-2;1-2;/h1-6,13H,(H2,14,16)(H,15,17);3-4H2,1-2H3;1-2H3;1H/b9-5-,13-6?;;;. The van der Waals surface area contributed by atoms with E-state index < -0.39 is 17.6 Å². The fraction of sp³-hybridized carbons (Fsp3) is 0.353. The van der Waals surface area contributed by atoms with E-state index in [-0.39, 0.29) is 7.00 Å². The number of halogens is 1. The highest BCUT2D eigenvalue weighted by Gasteiger charge is 2.14. The molecule has 0 aliphatic carbocycles. The first-order valence-corrected chi connectivity index (χ1v) is 7.53. The van der Waals surface area contributed by atoms with Gasteiger partial charge in [0.2, 0.25) is 0 Å². The van der Waals surface area contributed by atoms with Crippen LogP contribution < -0.4 is 11.1 Å². The van der Waals surface area contributed by atoms with Crippen molar-refractivity contribution in [3.8, 4) is 0 Å². The van der Waals surface area contributed by atoms with Gasteiger partial charge in [-0.2, -0.15) is 0 Å². The lowest BCUT2D eigenvalue weighted by molar-refractivity contribution is -0.119. The van der Waals surface area contributed by atoms with E-state index >= 15 is 0 Å². The highest BCUT2D eigenvalue weighted by atomic mass is 19.1. The van der Waals surface area contributed by atoms with Gasteiger partial charge in [-0.3, -0.25) is 9.59 Å². The van der Waals surface area contributed by atoms with Crippen molar-refractivity contribution >= 4 is 23.7 Å². The third kappa shape index (κ3) is 10.8. The Labute approximate surface area is 138 Å². The molecule has 0 aromatic heterocycles. The van der Waals surface area contributed by atoms with Crippen molar-refractivity contribution in [1.29, 1.82) is 5.41 Å². The van der Waals surface area contributed by atoms with Gasteiger partial charge < -0.3 is 16.5 Å². The van der Waals surface area contributed by atoms with Gasteiger partial charge in [0.05, 0.1) is 0 Å². The summed E-state index contributed by atoms with van der Waals surface area (Å²) in [7, 11) is 0. The maximum Gasteiger partial charge on any atom is 0.261 e. The maximum atomic E-state index is 12.6. The lowest BCUT2D eigenvalue weighted by atomic mass is 10.2. The van der Waals surface area contributed by atoms with Crippen molar-refractivity contribution in [2.24, 2.45) is 5.73 Å². The molecule has 2 amide bonds. The predicted octanol–water partition coefficient (Wildman–Crippen LogP) is 3.90. The van der Waals surface area contributed by atoms with Crippen molar-refractivity contribution in [1.82, 2.24) is 0 Å². The second-order valence-corrected chi connectivity index (χ2v) is 4.07. The number of amides is 2. The Kier molecular flexibility index (Phi) is 14.3. The minimum Gasteiger partial charge on any atom is -0.365 e. The van der Waals surface area contributed by atoms with E-state index in [0.29, 0.717) is 5.69 Å². The fourth-order valence-electron chi connectivity index (χ4n) is 1.08. The zero-order valence-electron chi connectivity index (χ0n) is 14.2. The summed E-state index contributed by atoms with van der Waals surface area (Å²) >= 11 is 0. The minimum absolute atomic E-state index is 0. The number of nitrogens with one attached hydrogen (secondary N) is 2. The van der Waals surface area contributed by atoms with Gasteiger partial charge in [0.15, 0.2) is 0 Å². The molecule has 4 N–H and O–H groups in total. The normalized spacial score (nSPS) is 9.52. The smallest absolute Gasteiger partial charge is 0.261 e. The van der Waals surface area contributed by atoms with Crippen LogP contribution in [-0.2, 0) is 9.59 Å². The van der Waals surface area contributed by atoms with E-state index in [4.69, 9.17) is 11.1 Å². The van der Waals surface area contributed by atoms with Gasteiger partial charge in [0, 0.05) is 13.3 Å². The number of rotatable bonds is 5. The molecule has 0 atom stereocenters. The molecule has 0 bridgehead atoms. The SMILES string of the molecule is CC.CCCC.N=C/C=C(/C(N)=O)C(=O)Nc1ccc(F)cc1.[HH]. The number of primary amides is 1. The van der Waals surface area contributed by atoms with E-state index in [1.807, 2.05) is 13.8 Å². The molecule has 0 saturated heterocycles. The summed E-state index contributed by atoms with van der Waals surface area (Å²) < 4.78 is 12.6. The lowest BCUT2D eigenvalue weighted by Gasteiger charge is -2.05. The second kappa shape index (κ2) is 14.4. The van der Waals surface area contributed by atoms with Crippen LogP contribution in [0.2, 0.25) is 0 Å². The zero-order chi connectivity index (χ0) is 18.3. The number of allylic oxidation sites excluding steroid dienone is 1. The molecule has 0 unspecified atom stereocenters. The highest BCUT2D eigenvalue weighted by Crippen LogP contribution is 2.09. The molecule has 23 heavy (non-hydrogen) atoms. The third-order valence-electron chi connectivity index (χ3n) is 2.36. The Morgan fingerprint density at radius 2 is 1.70 bits per heavy atom. The summed E-state index contributed by atoms with van der Waals surface area (Å²) in [5.41, 5.74) is 4.95. The molecule has 0 heterocycles. The summed E-state index contributed by atoms with van der Waals surface area (Å²) in [4.78, 5) is 22.5. The van der Waals surface area contributed by atoms with Crippen LogP contribution in [0, 0.1) is 11.2 Å². The van der Waals surface area contributed by atoms with Crippen molar-refractivity contribution in [3.05, 3.63) is 41.7 Å². The second-order valence-electron chi connectivity index (χ2n) is 4.07. The maximum absolute atomic E-state index is 12.6. The monoisotopic (exact) mass is 325 g/mol. The quantitative estimate of drug-likeness (QED) is 0.331. The average Bonchev–Trinajstić information content (AvgIpc) is 2.56.